The molecule has 1 spiro atoms. The fourth-order valence-electron chi connectivity index (χ4n) is 3.06. The number of rotatable bonds is 2. The van der Waals surface area contributed by atoms with E-state index in [1.165, 1.54) is 4.90 Å². The van der Waals surface area contributed by atoms with Crippen LogP contribution in [0.5, 0.6) is 0 Å². The molecule has 1 aliphatic carbocycles. The molecule has 1 atom stereocenters. The van der Waals surface area contributed by atoms with Crippen molar-refractivity contribution < 1.29 is 19.5 Å². The molecule has 1 N–H and O–H groups in total. The molecule has 0 bridgehead atoms. The number of carbonyl (C=O) groups excluding carboxylic acids is 2. The number of hydroxylamine groups is 2. The van der Waals surface area contributed by atoms with Crippen LogP contribution in [0.2, 0.25) is 0 Å². The van der Waals surface area contributed by atoms with Gasteiger partial charge in [-0.3, -0.25) is 10.0 Å². The van der Waals surface area contributed by atoms with Crippen LogP contribution in [0.3, 0.4) is 0 Å². The van der Waals surface area contributed by atoms with Crippen molar-refractivity contribution >= 4 is 12.0 Å². The zero-order chi connectivity index (χ0) is 14.2. The van der Waals surface area contributed by atoms with Gasteiger partial charge in [0.25, 0.3) is 0 Å². The molecule has 0 aromatic carbocycles. The fourth-order valence-corrected chi connectivity index (χ4v) is 3.06. The number of carbonyl (C=O) groups is 2. The van der Waals surface area contributed by atoms with Crippen LogP contribution in [0.25, 0.3) is 0 Å². The molecule has 2 fully saturated rings. The SMILES string of the molecule is CC(C)C(=O)OC1N(O)C(=O)N(C)CC12CCCC2. The van der Waals surface area contributed by atoms with E-state index in [9.17, 15) is 14.8 Å². The van der Waals surface area contributed by atoms with Crippen LogP contribution in [0.15, 0.2) is 0 Å². The summed E-state index contributed by atoms with van der Waals surface area (Å²) < 4.78 is 5.41. The van der Waals surface area contributed by atoms with E-state index in [1.54, 1.807) is 20.9 Å². The molecule has 1 unspecified atom stereocenters. The Kier molecular flexibility index (Phi) is 3.71. The highest BCUT2D eigenvalue weighted by Gasteiger charge is 2.53. The Labute approximate surface area is 113 Å². The zero-order valence-electron chi connectivity index (χ0n) is 11.8. The molecule has 19 heavy (non-hydrogen) atoms. The van der Waals surface area contributed by atoms with Crippen LogP contribution in [0, 0.1) is 11.3 Å². The topological polar surface area (TPSA) is 70.1 Å². The molecule has 6 heteroatoms. The van der Waals surface area contributed by atoms with Crippen molar-refractivity contribution in [2.45, 2.75) is 45.8 Å². The van der Waals surface area contributed by atoms with E-state index in [1.807, 2.05) is 0 Å². The summed E-state index contributed by atoms with van der Waals surface area (Å²) in [7, 11) is 1.66. The normalized spacial score (nSPS) is 26.4. The average Bonchev–Trinajstić information content (AvgIpc) is 2.81. The lowest BCUT2D eigenvalue weighted by atomic mass is 9.82. The minimum Gasteiger partial charge on any atom is -0.438 e. The maximum Gasteiger partial charge on any atom is 0.346 e. The average molecular weight is 270 g/mol. The standard InChI is InChI=1S/C13H22N2O4/c1-9(2)10(16)19-11-13(6-4-5-7-13)8-14(3)12(17)15(11)18/h9,11,18H,4-8H2,1-3H3. The highest BCUT2D eigenvalue weighted by atomic mass is 16.6. The third kappa shape index (κ3) is 2.41. The highest BCUT2D eigenvalue weighted by Crippen LogP contribution is 2.46. The number of hydrogen-bond acceptors (Lipinski definition) is 4. The summed E-state index contributed by atoms with van der Waals surface area (Å²) in [5.41, 5.74) is -0.331. The minimum atomic E-state index is -0.853. The van der Waals surface area contributed by atoms with Crippen molar-refractivity contribution in [2.24, 2.45) is 11.3 Å². The van der Waals surface area contributed by atoms with Crippen LogP contribution in [-0.2, 0) is 9.53 Å². The van der Waals surface area contributed by atoms with E-state index in [0.717, 1.165) is 25.7 Å². The van der Waals surface area contributed by atoms with Gasteiger partial charge >= 0.3 is 12.0 Å². The van der Waals surface area contributed by atoms with E-state index >= 15 is 0 Å². The molecule has 1 aliphatic heterocycles. The van der Waals surface area contributed by atoms with E-state index in [0.29, 0.717) is 11.6 Å². The summed E-state index contributed by atoms with van der Waals surface area (Å²) in [6, 6.07) is -0.515. The van der Waals surface area contributed by atoms with Gasteiger partial charge in [0.1, 0.15) is 0 Å². The molecule has 1 saturated carbocycles. The lowest BCUT2D eigenvalue weighted by molar-refractivity contribution is -0.243. The Balaban J connectivity index is 2.24. The van der Waals surface area contributed by atoms with Gasteiger partial charge in [-0.25, -0.2) is 4.79 Å². The molecule has 1 saturated heterocycles. The molecule has 6 nitrogen and oxygen atoms in total. The second-order valence-electron chi connectivity index (χ2n) is 6.00. The van der Waals surface area contributed by atoms with E-state index < -0.39 is 12.3 Å². The molecule has 1 heterocycles. The van der Waals surface area contributed by atoms with Gasteiger partial charge in [-0.2, -0.15) is 5.06 Å². The Morgan fingerprint density at radius 3 is 2.53 bits per heavy atom. The first-order valence-electron chi connectivity index (χ1n) is 6.81. The fraction of sp³-hybridized carbons (Fsp3) is 0.846. The summed E-state index contributed by atoms with van der Waals surface area (Å²) in [4.78, 5) is 25.1. The Bertz CT molecular complexity index is 377. The molecule has 2 rings (SSSR count). The van der Waals surface area contributed by atoms with Crippen LogP contribution >= 0.6 is 0 Å². The Morgan fingerprint density at radius 1 is 1.42 bits per heavy atom. The van der Waals surface area contributed by atoms with Crippen molar-refractivity contribution in [2.75, 3.05) is 13.6 Å². The molecule has 0 aromatic rings. The lowest BCUT2D eigenvalue weighted by Gasteiger charge is -2.47. The molecular weight excluding hydrogens is 248 g/mol. The predicted molar refractivity (Wildman–Crippen MR) is 67.3 cm³/mol. The van der Waals surface area contributed by atoms with Gasteiger partial charge in [0.2, 0.25) is 6.23 Å². The second kappa shape index (κ2) is 5.00. The van der Waals surface area contributed by atoms with Gasteiger partial charge in [0, 0.05) is 19.0 Å². The van der Waals surface area contributed by atoms with Crippen LogP contribution in [0.4, 0.5) is 4.79 Å². The number of amides is 2. The Morgan fingerprint density at radius 2 is 2.00 bits per heavy atom. The van der Waals surface area contributed by atoms with E-state index in [2.05, 4.69) is 0 Å². The summed E-state index contributed by atoms with van der Waals surface area (Å²) >= 11 is 0. The summed E-state index contributed by atoms with van der Waals surface area (Å²) in [5, 5.41) is 10.6. The Hall–Kier alpha value is -1.30. The number of ether oxygens (including phenoxy) is 1. The van der Waals surface area contributed by atoms with E-state index in [-0.39, 0.29) is 17.3 Å². The number of urea groups is 1. The van der Waals surface area contributed by atoms with Gasteiger partial charge in [0.05, 0.1) is 5.92 Å². The first-order valence-corrected chi connectivity index (χ1v) is 6.81. The summed E-state index contributed by atoms with van der Waals surface area (Å²) in [6.45, 7) is 4.00. The maximum atomic E-state index is 11.8. The lowest BCUT2D eigenvalue weighted by Crippen LogP contribution is -2.62. The molecule has 0 radical (unpaired) electrons. The van der Waals surface area contributed by atoms with Crippen molar-refractivity contribution in [3.63, 3.8) is 0 Å². The highest BCUT2D eigenvalue weighted by molar-refractivity contribution is 5.76. The summed E-state index contributed by atoms with van der Waals surface area (Å²) in [6.07, 6.45) is 2.93. The van der Waals surface area contributed by atoms with Crippen LogP contribution in [0.1, 0.15) is 39.5 Å². The predicted octanol–water partition coefficient (Wildman–Crippen LogP) is 1.83. The molecule has 108 valence electrons. The maximum absolute atomic E-state index is 11.8. The second-order valence-corrected chi connectivity index (χ2v) is 6.00. The van der Waals surface area contributed by atoms with Crippen molar-refractivity contribution in [3.05, 3.63) is 0 Å². The first-order chi connectivity index (χ1) is 8.87. The quantitative estimate of drug-likeness (QED) is 0.614. The van der Waals surface area contributed by atoms with Crippen molar-refractivity contribution in [1.29, 1.82) is 0 Å². The number of esters is 1. The van der Waals surface area contributed by atoms with Gasteiger partial charge in [-0.05, 0) is 12.8 Å². The van der Waals surface area contributed by atoms with Gasteiger partial charge in [-0.1, -0.05) is 26.7 Å². The minimum absolute atomic E-state index is 0.276. The smallest absolute Gasteiger partial charge is 0.346 e. The van der Waals surface area contributed by atoms with Crippen molar-refractivity contribution in [3.8, 4) is 0 Å². The molecule has 2 aliphatic rings. The van der Waals surface area contributed by atoms with Crippen LogP contribution < -0.4 is 0 Å². The zero-order valence-corrected chi connectivity index (χ0v) is 11.8. The van der Waals surface area contributed by atoms with Gasteiger partial charge < -0.3 is 9.64 Å². The molecule has 0 aromatic heterocycles. The van der Waals surface area contributed by atoms with Crippen LogP contribution in [-0.4, -0.2) is 47.0 Å². The number of nitrogens with zero attached hydrogens (tertiary/aromatic N) is 2. The van der Waals surface area contributed by atoms with Gasteiger partial charge in [0.15, 0.2) is 0 Å². The molecular formula is C13H22N2O4. The summed E-state index contributed by atoms with van der Waals surface area (Å²) in [5.74, 6) is -0.658. The molecule has 2 amide bonds. The largest absolute Gasteiger partial charge is 0.438 e. The van der Waals surface area contributed by atoms with E-state index in [4.69, 9.17) is 4.74 Å². The first kappa shape index (κ1) is 14.1. The van der Waals surface area contributed by atoms with Gasteiger partial charge in [-0.15, -0.1) is 0 Å². The third-order valence-corrected chi connectivity index (χ3v) is 4.12. The number of hydrogen-bond donors (Lipinski definition) is 1. The monoisotopic (exact) mass is 270 g/mol. The van der Waals surface area contributed by atoms with Crippen molar-refractivity contribution in [1.82, 2.24) is 9.96 Å². The third-order valence-electron chi connectivity index (χ3n) is 4.12.